The highest BCUT2D eigenvalue weighted by atomic mass is 79.9. The lowest BCUT2D eigenvalue weighted by Gasteiger charge is -2.13. The molecule has 4 heteroatoms. The van der Waals surface area contributed by atoms with E-state index in [-0.39, 0.29) is 0 Å². The Labute approximate surface area is 151 Å². The topological polar surface area (TPSA) is 15.6 Å². The molecular weight excluding hydrogens is 372 g/mol. The third-order valence-electron chi connectivity index (χ3n) is 3.70. The Hall–Kier alpha value is -1.58. The molecule has 0 aromatic heterocycles. The van der Waals surface area contributed by atoms with Crippen LogP contribution in [0.2, 0.25) is 5.02 Å². The molecule has 2 nitrogen and oxygen atoms in total. The first-order valence-corrected chi connectivity index (χ1v) is 8.59. The van der Waals surface area contributed by atoms with E-state index in [1.807, 2.05) is 61.6 Å². The number of nitrogens with zero attached hydrogens (tertiary/aromatic N) is 2. The highest BCUT2D eigenvalue weighted by molar-refractivity contribution is 9.10. The van der Waals surface area contributed by atoms with Gasteiger partial charge in [-0.15, -0.1) is 0 Å². The molecule has 0 saturated carbocycles. The molecule has 2 aromatic rings. The van der Waals surface area contributed by atoms with Crippen molar-refractivity contribution in [1.29, 1.82) is 0 Å². The van der Waals surface area contributed by atoms with Crippen molar-refractivity contribution in [3.63, 3.8) is 0 Å². The van der Waals surface area contributed by atoms with E-state index in [1.54, 1.807) is 0 Å². The van der Waals surface area contributed by atoms with Crippen molar-refractivity contribution in [3.05, 3.63) is 69.2 Å². The maximum absolute atomic E-state index is 6.47. The predicted octanol–water partition coefficient (Wildman–Crippen LogP) is 6.08. The highest BCUT2D eigenvalue weighted by Crippen LogP contribution is 2.33. The van der Waals surface area contributed by atoms with Crippen molar-refractivity contribution in [2.45, 2.75) is 13.8 Å². The molecule has 0 aliphatic rings. The summed E-state index contributed by atoms with van der Waals surface area (Å²) in [5.41, 5.74) is 4.85. The number of hydrogen-bond donors (Lipinski definition) is 0. The first-order chi connectivity index (χ1) is 10.9. The number of benzene rings is 2. The van der Waals surface area contributed by atoms with E-state index in [2.05, 4.69) is 34.4 Å². The second kappa shape index (κ2) is 7.80. The van der Waals surface area contributed by atoms with Gasteiger partial charge in [-0.05, 0) is 54.8 Å². The van der Waals surface area contributed by atoms with Crippen molar-refractivity contribution >= 4 is 45.1 Å². The van der Waals surface area contributed by atoms with Gasteiger partial charge in [0.25, 0.3) is 0 Å². The molecule has 0 fully saturated rings. The Kier molecular flexibility index (Phi) is 6.03. The Balaban J connectivity index is 2.34. The van der Waals surface area contributed by atoms with Crippen LogP contribution >= 0.6 is 27.5 Å². The van der Waals surface area contributed by atoms with Gasteiger partial charge in [0.1, 0.15) is 0 Å². The normalized spacial score (nSPS) is 11.0. The summed E-state index contributed by atoms with van der Waals surface area (Å²) in [6, 6.07) is 12.0. The minimum atomic E-state index is 0.662. The molecule has 0 atom stereocenters. The second-order valence-electron chi connectivity index (χ2n) is 5.42. The van der Waals surface area contributed by atoms with Crippen LogP contribution in [0.1, 0.15) is 23.6 Å². The molecule has 120 valence electrons. The molecule has 2 aromatic carbocycles. The Morgan fingerprint density at radius 2 is 1.96 bits per heavy atom. The van der Waals surface area contributed by atoms with Gasteiger partial charge in [-0.3, -0.25) is 0 Å². The summed E-state index contributed by atoms with van der Waals surface area (Å²) in [5, 5.41) is 0.662. The van der Waals surface area contributed by atoms with Gasteiger partial charge in [0, 0.05) is 23.6 Å². The first kappa shape index (κ1) is 17.8. The molecule has 0 heterocycles. The standard InChI is InChI=1S/C19H20BrClN2/c1-5-23(4)12-22-19-11-18(21)17(10-13(19)2)14(3)15-6-8-16(20)9-7-15/h6-12H,3,5H2,1-2,4H3. The molecule has 23 heavy (non-hydrogen) atoms. The maximum atomic E-state index is 6.47. The third kappa shape index (κ3) is 4.46. The van der Waals surface area contributed by atoms with E-state index in [0.29, 0.717) is 5.02 Å². The van der Waals surface area contributed by atoms with Crippen LogP contribution in [0.4, 0.5) is 5.69 Å². The Bertz CT molecular complexity index is 736. The molecule has 0 spiro atoms. The predicted molar refractivity (Wildman–Crippen MR) is 105 cm³/mol. The number of rotatable bonds is 5. The van der Waals surface area contributed by atoms with Crippen LogP contribution < -0.4 is 0 Å². The average molecular weight is 392 g/mol. The van der Waals surface area contributed by atoms with Gasteiger partial charge in [-0.25, -0.2) is 4.99 Å². The van der Waals surface area contributed by atoms with E-state index in [0.717, 1.165) is 39.0 Å². The smallest absolute Gasteiger partial charge is 0.0909 e. The van der Waals surface area contributed by atoms with Gasteiger partial charge < -0.3 is 4.90 Å². The van der Waals surface area contributed by atoms with Gasteiger partial charge in [0.05, 0.1) is 17.0 Å². The van der Waals surface area contributed by atoms with Gasteiger partial charge in [0.2, 0.25) is 0 Å². The molecule has 0 N–H and O–H groups in total. The van der Waals surface area contributed by atoms with Crippen LogP contribution in [0.3, 0.4) is 0 Å². The van der Waals surface area contributed by atoms with Gasteiger partial charge in [0.15, 0.2) is 0 Å². The molecule has 0 aliphatic carbocycles. The van der Waals surface area contributed by atoms with Crippen molar-refractivity contribution in [3.8, 4) is 0 Å². The SMILES string of the molecule is C=C(c1ccc(Br)cc1)c1cc(C)c(N=CN(C)CC)cc1Cl. The minimum Gasteiger partial charge on any atom is -0.366 e. The first-order valence-electron chi connectivity index (χ1n) is 7.42. The fraction of sp³-hybridized carbons (Fsp3) is 0.211. The summed E-state index contributed by atoms with van der Waals surface area (Å²) in [5.74, 6) is 0. The largest absolute Gasteiger partial charge is 0.366 e. The quantitative estimate of drug-likeness (QED) is 0.445. The van der Waals surface area contributed by atoms with Crippen LogP contribution in [0.5, 0.6) is 0 Å². The summed E-state index contributed by atoms with van der Waals surface area (Å²) in [6.07, 6.45) is 1.82. The van der Waals surface area contributed by atoms with Crippen LogP contribution in [0.15, 0.2) is 52.4 Å². The minimum absolute atomic E-state index is 0.662. The summed E-state index contributed by atoms with van der Waals surface area (Å²) in [6.45, 7) is 9.22. The van der Waals surface area contributed by atoms with Crippen molar-refractivity contribution < 1.29 is 0 Å². The fourth-order valence-corrected chi connectivity index (χ4v) is 2.63. The summed E-state index contributed by atoms with van der Waals surface area (Å²) in [4.78, 5) is 6.52. The lowest BCUT2D eigenvalue weighted by Crippen LogP contribution is -2.14. The number of halogens is 2. The Morgan fingerprint density at radius 3 is 2.57 bits per heavy atom. The maximum Gasteiger partial charge on any atom is 0.0909 e. The van der Waals surface area contributed by atoms with Crippen LogP contribution in [-0.4, -0.2) is 24.8 Å². The molecule has 2 rings (SSSR count). The zero-order chi connectivity index (χ0) is 17.0. The average Bonchev–Trinajstić information content (AvgIpc) is 2.55. The lowest BCUT2D eigenvalue weighted by molar-refractivity contribution is 0.552. The summed E-state index contributed by atoms with van der Waals surface area (Å²) >= 11 is 9.91. The molecule has 0 aliphatic heterocycles. The number of hydrogen-bond acceptors (Lipinski definition) is 1. The number of aryl methyl sites for hydroxylation is 1. The van der Waals surface area contributed by atoms with E-state index in [9.17, 15) is 0 Å². The number of aliphatic imine (C=N–C) groups is 1. The fourth-order valence-electron chi connectivity index (χ4n) is 2.09. The second-order valence-corrected chi connectivity index (χ2v) is 6.74. The van der Waals surface area contributed by atoms with Crippen LogP contribution in [0, 0.1) is 6.92 Å². The van der Waals surface area contributed by atoms with Gasteiger partial charge >= 0.3 is 0 Å². The van der Waals surface area contributed by atoms with Crippen molar-refractivity contribution in [2.24, 2.45) is 4.99 Å². The zero-order valence-corrected chi connectivity index (χ0v) is 15.9. The molecular formula is C19H20BrClN2. The van der Waals surface area contributed by atoms with Crippen LogP contribution in [-0.2, 0) is 0 Å². The third-order valence-corrected chi connectivity index (χ3v) is 4.54. The molecule has 0 amide bonds. The van der Waals surface area contributed by atoms with Crippen molar-refractivity contribution in [2.75, 3.05) is 13.6 Å². The summed E-state index contributed by atoms with van der Waals surface area (Å²) in [7, 11) is 1.99. The van der Waals surface area contributed by atoms with Crippen LogP contribution in [0.25, 0.3) is 5.57 Å². The van der Waals surface area contributed by atoms with E-state index >= 15 is 0 Å². The highest BCUT2D eigenvalue weighted by Gasteiger charge is 2.10. The Morgan fingerprint density at radius 1 is 1.30 bits per heavy atom. The summed E-state index contributed by atoms with van der Waals surface area (Å²) < 4.78 is 1.04. The van der Waals surface area contributed by atoms with Gasteiger partial charge in [-0.2, -0.15) is 0 Å². The molecule has 0 bridgehead atoms. The molecule has 0 saturated heterocycles. The lowest BCUT2D eigenvalue weighted by atomic mass is 9.97. The van der Waals surface area contributed by atoms with Crippen molar-refractivity contribution in [1.82, 2.24) is 4.90 Å². The zero-order valence-electron chi connectivity index (χ0n) is 13.6. The molecule has 0 unspecified atom stereocenters. The van der Waals surface area contributed by atoms with E-state index < -0.39 is 0 Å². The van der Waals surface area contributed by atoms with E-state index in [4.69, 9.17) is 11.6 Å². The van der Waals surface area contributed by atoms with Gasteiger partial charge in [-0.1, -0.05) is 46.2 Å². The molecule has 0 radical (unpaired) electrons. The monoisotopic (exact) mass is 390 g/mol. The van der Waals surface area contributed by atoms with E-state index in [1.165, 1.54) is 0 Å².